The van der Waals surface area contributed by atoms with Crippen LogP contribution >= 0.6 is 11.6 Å². The molecule has 0 radical (unpaired) electrons. The predicted octanol–water partition coefficient (Wildman–Crippen LogP) is 3.49. The van der Waals surface area contributed by atoms with Gasteiger partial charge >= 0.3 is 0 Å². The minimum absolute atomic E-state index is 0.701. The smallest absolute Gasteiger partial charge is 0.0365 e. The van der Waals surface area contributed by atoms with Crippen LogP contribution in [0.5, 0.6) is 0 Å². The summed E-state index contributed by atoms with van der Waals surface area (Å²) in [5, 5.41) is 0.912. The molecule has 0 saturated heterocycles. The average Bonchev–Trinajstić information content (AvgIpc) is 1.94. The highest BCUT2D eigenvalue weighted by Gasteiger charge is 2.09. The van der Waals surface area contributed by atoms with Gasteiger partial charge in [-0.25, -0.2) is 0 Å². The second kappa shape index (κ2) is 3.25. The molecule has 0 heterocycles. The molecule has 0 nitrogen and oxygen atoms in total. The van der Waals surface area contributed by atoms with Crippen molar-refractivity contribution in [2.45, 2.75) is 26.7 Å². The summed E-state index contributed by atoms with van der Waals surface area (Å²) in [7, 11) is 0. The van der Waals surface area contributed by atoms with E-state index in [4.69, 9.17) is 11.6 Å². The molecule has 0 fully saturated rings. The van der Waals surface area contributed by atoms with Crippen LogP contribution in [0.4, 0.5) is 0 Å². The summed E-state index contributed by atoms with van der Waals surface area (Å²) < 4.78 is 0. The first-order chi connectivity index (χ1) is 4.74. The fourth-order valence-electron chi connectivity index (χ4n) is 1.27. The first-order valence-electron chi connectivity index (χ1n) is 3.80. The third-order valence-corrected chi connectivity index (χ3v) is 2.29. The number of allylic oxidation sites excluding steroid dienone is 4. The Labute approximate surface area is 67.6 Å². The number of rotatable bonds is 1. The van der Waals surface area contributed by atoms with Crippen molar-refractivity contribution in [3.63, 3.8) is 0 Å². The van der Waals surface area contributed by atoms with Gasteiger partial charge in [0.05, 0.1) is 0 Å². The van der Waals surface area contributed by atoms with Gasteiger partial charge in [-0.3, -0.25) is 0 Å². The van der Waals surface area contributed by atoms with E-state index in [9.17, 15) is 0 Å². The van der Waals surface area contributed by atoms with Crippen LogP contribution < -0.4 is 0 Å². The van der Waals surface area contributed by atoms with Crippen molar-refractivity contribution in [2.75, 3.05) is 0 Å². The van der Waals surface area contributed by atoms with E-state index >= 15 is 0 Å². The van der Waals surface area contributed by atoms with Gasteiger partial charge in [0.25, 0.3) is 0 Å². The van der Waals surface area contributed by atoms with Crippen molar-refractivity contribution in [1.29, 1.82) is 0 Å². The largest absolute Gasteiger partial charge is 0.0847 e. The molecular weight excluding hydrogens is 144 g/mol. The summed E-state index contributed by atoms with van der Waals surface area (Å²) in [5.74, 6) is 0.701. The van der Waals surface area contributed by atoms with Gasteiger partial charge in [0.1, 0.15) is 0 Å². The molecule has 0 aromatic heterocycles. The predicted molar refractivity (Wildman–Crippen MR) is 46.1 cm³/mol. The highest BCUT2D eigenvalue weighted by atomic mass is 35.5. The maximum Gasteiger partial charge on any atom is 0.0365 e. The summed E-state index contributed by atoms with van der Waals surface area (Å²) in [6.07, 6.45) is 6.42. The van der Waals surface area contributed by atoms with Crippen LogP contribution in [0.1, 0.15) is 26.7 Å². The van der Waals surface area contributed by atoms with E-state index < -0.39 is 0 Å². The molecule has 0 aromatic carbocycles. The van der Waals surface area contributed by atoms with E-state index in [2.05, 4.69) is 26.0 Å². The van der Waals surface area contributed by atoms with Crippen LogP contribution in [0.3, 0.4) is 0 Å². The molecule has 1 aliphatic rings. The minimum Gasteiger partial charge on any atom is -0.0847 e. The molecule has 1 heteroatoms. The molecule has 1 unspecified atom stereocenters. The van der Waals surface area contributed by atoms with Gasteiger partial charge in [0, 0.05) is 5.03 Å². The lowest BCUT2D eigenvalue weighted by atomic mass is 9.92. The Morgan fingerprint density at radius 2 is 2.40 bits per heavy atom. The molecule has 1 atom stereocenters. The van der Waals surface area contributed by atoms with Crippen LogP contribution in [-0.2, 0) is 0 Å². The van der Waals surface area contributed by atoms with Gasteiger partial charge in [0.2, 0.25) is 0 Å². The monoisotopic (exact) mass is 156 g/mol. The Morgan fingerprint density at radius 1 is 1.70 bits per heavy atom. The highest BCUT2D eigenvalue weighted by molar-refractivity contribution is 6.31. The summed E-state index contributed by atoms with van der Waals surface area (Å²) in [5.41, 5.74) is 1.48. The molecule has 0 saturated carbocycles. The Morgan fingerprint density at radius 3 is 2.90 bits per heavy atom. The van der Waals surface area contributed by atoms with Crippen LogP contribution in [0.15, 0.2) is 22.8 Å². The molecule has 0 N–H and O–H groups in total. The third-order valence-electron chi connectivity index (χ3n) is 2.03. The molecule has 56 valence electrons. The first-order valence-corrected chi connectivity index (χ1v) is 4.18. The zero-order chi connectivity index (χ0) is 7.56. The lowest BCUT2D eigenvalue weighted by Crippen LogP contribution is -2.01. The van der Waals surface area contributed by atoms with Crippen molar-refractivity contribution >= 4 is 11.6 Å². The van der Waals surface area contributed by atoms with Crippen LogP contribution in [-0.4, -0.2) is 0 Å². The Bertz CT molecular complexity index is 177. The molecule has 0 aliphatic heterocycles. The zero-order valence-electron chi connectivity index (χ0n) is 6.52. The Kier molecular flexibility index (Phi) is 2.56. The minimum atomic E-state index is 0.701. The fraction of sp³-hybridized carbons (Fsp3) is 0.556. The van der Waals surface area contributed by atoms with Gasteiger partial charge in [-0.15, -0.1) is 0 Å². The van der Waals surface area contributed by atoms with Gasteiger partial charge in [-0.2, -0.15) is 0 Å². The SMILES string of the molecule is CCC1=CC(Cl)=CCC1C. The van der Waals surface area contributed by atoms with E-state index in [-0.39, 0.29) is 0 Å². The number of halogens is 1. The Hall–Kier alpha value is -0.230. The molecule has 1 aliphatic carbocycles. The highest BCUT2D eigenvalue weighted by Crippen LogP contribution is 2.26. The van der Waals surface area contributed by atoms with Crippen LogP contribution in [0, 0.1) is 5.92 Å². The number of hydrogen-bond donors (Lipinski definition) is 0. The second-order valence-corrected chi connectivity index (χ2v) is 3.24. The van der Waals surface area contributed by atoms with Gasteiger partial charge in [0.15, 0.2) is 0 Å². The van der Waals surface area contributed by atoms with Crippen molar-refractivity contribution in [3.05, 3.63) is 22.8 Å². The van der Waals surface area contributed by atoms with Gasteiger partial charge in [-0.05, 0) is 24.8 Å². The van der Waals surface area contributed by atoms with Crippen LogP contribution in [0.25, 0.3) is 0 Å². The zero-order valence-corrected chi connectivity index (χ0v) is 7.28. The van der Waals surface area contributed by atoms with Gasteiger partial charge in [-0.1, -0.05) is 37.1 Å². The lowest BCUT2D eigenvalue weighted by Gasteiger charge is -2.16. The molecule has 10 heavy (non-hydrogen) atoms. The van der Waals surface area contributed by atoms with Crippen molar-refractivity contribution in [1.82, 2.24) is 0 Å². The van der Waals surface area contributed by atoms with E-state index in [0.29, 0.717) is 5.92 Å². The molecule has 1 rings (SSSR count). The maximum absolute atomic E-state index is 5.84. The van der Waals surface area contributed by atoms with Crippen molar-refractivity contribution < 1.29 is 0 Å². The molecule has 0 amide bonds. The van der Waals surface area contributed by atoms with E-state index in [0.717, 1.165) is 17.9 Å². The van der Waals surface area contributed by atoms with Gasteiger partial charge < -0.3 is 0 Å². The third kappa shape index (κ3) is 1.63. The normalized spacial score (nSPS) is 25.7. The van der Waals surface area contributed by atoms with Crippen molar-refractivity contribution in [3.8, 4) is 0 Å². The van der Waals surface area contributed by atoms with Crippen LogP contribution in [0.2, 0.25) is 0 Å². The number of hydrogen-bond acceptors (Lipinski definition) is 0. The van der Waals surface area contributed by atoms with E-state index in [1.807, 2.05) is 0 Å². The topological polar surface area (TPSA) is 0 Å². The van der Waals surface area contributed by atoms with E-state index in [1.165, 1.54) is 5.57 Å². The summed E-state index contributed by atoms with van der Waals surface area (Å²) in [4.78, 5) is 0. The second-order valence-electron chi connectivity index (χ2n) is 2.80. The molecule has 0 spiro atoms. The Balaban J connectivity index is 2.73. The van der Waals surface area contributed by atoms with Crippen molar-refractivity contribution in [2.24, 2.45) is 5.92 Å². The lowest BCUT2D eigenvalue weighted by molar-refractivity contribution is 0.659. The quantitative estimate of drug-likeness (QED) is 0.545. The average molecular weight is 157 g/mol. The van der Waals surface area contributed by atoms with E-state index in [1.54, 1.807) is 0 Å². The first kappa shape index (κ1) is 7.87. The molecule has 0 bridgehead atoms. The molecular formula is C9H13Cl. The maximum atomic E-state index is 5.84. The molecule has 0 aromatic rings. The summed E-state index contributed by atoms with van der Waals surface area (Å²) in [6.45, 7) is 4.42. The fourth-order valence-corrected chi connectivity index (χ4v) is 1.50. The standard InChI is InChI=1S/C9H13Cl/c1-3-8-6-9(10)5-4-7(8)2/h5-7H,3-4H2,1-2H3. The summed E-state index contributed by atoms with van der Waals surface area (Å²) >= 11 is 5.84. The summed E-state index contributed by atoms with van der Waals surface area (Å²) in [6, 6.07) is 0.